The molecule has 102 valence electrons. The third-order valence-electron chi connectivity index (χ3n) is 3.09. The highest BCUT2D eigenvalue weighted by atomic mass is 16.5. The number of rotatable bonds is 7. The molecule has 0 saturated carbocycles. The van der Waals surface area contributed by atoms with Crippen molar-refractivity contribution in [2.24, 2.45) is 0 Å². The number of ether oxygens (including phenoxy) is 1. The zero-order valence-electron chi connectivity index (χ0n) is 11.7. The second kappa shape index (κ2) is 6.41. The van der Waals surface area contributed by atoms with Gasteiger partial charge in [0.15, 0.2) is 5.78 Å². The Morgan fingerprint density at radius 3 is 2.79 bits per heavy atom. The van der Waals surface area contributed by atoms with Gasteiger partial charge < -0.3 is 9.30 Å². The number of carbonyl (C=O) groups excluding carboxylic acids is 1. The van der Waals surface area contributed by atoms with Crippen molar-refractivity contribution in [1.82, 2.24) is 4.57 Å². The van der Waals surface area contributed by atoms with Gasteiger partial charge in [0.2, 0.25) is 0 Å². The number of fused-ring (bicyclic) bond motifs is 1. The highest BCUT2D eigenvalue weighted by Gasteiger charge is 2.06. The van der Waals surface area contributed by atoms with E-state index in [1.54, 1.807) is 0 Å². The maximum atomic E-state index is 11.7. The first-order valence-corrected chi connectivity index (χ1v) is 6.98. The van der Waals surface area contributed by atoms with Crippen LogP contribution in [0.1, 0.15) is 33.1 Å². The van der Waals surface area contributed by atoms with Gasteiger partial charge in [0.1, 0.15) is 5.75 Å². The van der Waals surface area contributed by atoms with Crippen molar-refractivity contribution in [3.8, 4) is 5.75 Å². The Morgan fingerprint density at radius 1 is 1.21 bits per heavy atom. The molecule has 0 radical (unpaired) electrons. The van der Waals surface area contributed by atoms with E-state index in [0.29, 0.717) is 13.0 Å². The van der Waals surface area contributed by atoms with Crippen molar-refractivity contribution in [3.63, 3.8) is 0 Å². The zero-order valence-corrected chi connectivity index (χ0v) is 11.7. The van der Waals surface area contributed by atoms with Crippen LogP contribution >= 0.6 is 0 Å². The number of hydrogen-bond donors (Lipinski definition) is 0. The lowest BCUT2D eigenvalue weighted by Gasteiger charge is -2.06. The molecule has 0 saturated heterocycles. The van der Waals surface area contributed by atoms with Gasteiger partial charge in [0.05, 0.1) is 13.2 Å². The molecular formula is C16H21NO2. The van der Waals surface area contributed by atoms with E-state index in [1.165, 1.54) is 0 Å². The number of nitrogens with zero attached hydrogens (tertiary/aromatic N) is 1. The molecular weight excluding hydrogens is 238 g/mol. The average molecular weight is 259 g/mol. The van der Waals surface area contributed by atoms with E-state index in [-0.39, 0.29) is 5.78 Å². The summed E-state index contributed by atoms with van der Waals surface area (Å²) in [4.78, 5) is 11.7. The largest absolute Gasteiger partial charge is 0.494 e. The average Bonchev–Trinajstić information content (AvgIpc) is 2.79. The topological polar surface area (TPSA) is 31.2 Å². The van der Waals surface area contributed by atoms with Gasteiger partial charge in [-0.2, -0.15) is 0 Å². The Labute approximate surface area is 114 Å². The fourth-order valence-electron chi connectivity index (χ4n) is 2.17. The number of Topliss-reactive ketones (excluding diaryl/α,β-unsaturated/α-hetero) is 1. The summed E-state index contributed by atoms with van der Waals surface area (Å²) in [5.41, 5.74) is 1.09. The third kappa shape index (κ3) is 3.37. The number of hydrogen-bond acceptors (Lipinski definition) is 2. The summed E-state index contributed by atoms with van der Waals surface area (Å²) in [6, 6.07) is 8.07. The fraction of sp³-hybridized carbons (Fsp3) is 0.438. The van der Waals surface area contributed by atoms with Gasteiger partial charge in [-0.15, -0.1) is 0 Å². The van der Waals surface area contributed by atoms with Gasteiger partial charge in [0, 0.05) is 23.5 Å². The Bertz CT molecular complexity index is 557. The highest BCUT2D eigenvalue weighted by molar-refractivity contribution is 5.85. The van der Waals surface area contributed by atoms with Crippen molar-refractivity contribution >= 4 is 16.7 Å². The molecule has 2 rings (SSSR count). The summed E-state index contributed by atoms with van der Waals surface area (Å²) < 4.78 is 7.63. The first-order valence-electron chi connectivity index (χ1n) is 6.98. The molecule has 19 heavy (non-hydrogen) atoms. The quantitative estimate of drug-likeness (QED) is 0.757. The van der Waals surface area contributed by atoms with Gasteiger partial charge in [0.25, 0.3) is 0 Å². The summed E-state index contributed by atoms with van der Waals surface area (Å²) in [5.74, 6) is 1.18. The molecule has 0 N–H and O–H groups in total. The summed E-state index contributed by atoms with van der Waals surface area (Å²) in [6.45, 7) is 5.32. The molecule has 0 aliphatic carbocycles. The lowest BCUT2D eigenvalue weighted by molar-refractivity contribution is -0.119. The Kier molecular flexibility index (Phi) is 4.61. The van der Waals surface area contributed by atoms with Gasteiger partial charge in [-0.3, -0.25) is 4.79 Å². The third-order valence-corrected chi connectivity index (χ3v) is 3.09. The Balaban J connectivity index is 2.17. The molecule has 3 nitrogen and oxygen atoms in total. The van der Waals surface area contributed by atoms with E-state index in [4.69, 9.17) is 4.74 Å². The number of aromatic nitrogens is 1. The van der Waals surface area contributed by atoms with Gasteiger partial charge in [-0.25, -0.2) is 0 Å². The van der Waals surface area contributed by atoms with E-state index in [2.05, 4.69) is 6.92 Å². The Hall–Kier alpha value is -1.77. The molecule has 0 spiro atoms. The smallest absolute Gasteiger partial charge is 0.152 e. The van der Waals surface area contributed by atoms with Gasteiger partial charge >= 0.3 is 0 Å². The van der Waals surface area contributed by atoms with E-state index in [1.807, 2.05) is 42.0 Å². The predicted molar refractivity (Wildman–Crippen MR) is 77.6 cm³/mol. The molecule has 0 aliphatic rings. The van der Waals surface area contributed by atoms with E-state index < -0.39 is 0 Å². The van der Waals surface area contributed by atoms with Crippen LogP contribution in [0.15, 0.2) is 30.5 Å². The molecule has 1 aromatic heterocycles. The van der Waals surface area contributed by atoms with Gasteiger partial charge in [-0.1, -0.05) is 13.8 Å². The van der Waals surface area contributed by atoms with Crippen LogP contribution in [0.3, 0.4) is 0 Å². The van der Waals surface area contributed by atoms with Crippen molar-refractivity contribution in [2.75, 3.05) is 6.61 Å². The van der Waals surface area contributed by atoms with Crippen LogP contribution in [-0.2, 0) is 11.3 Å². The second-order valence-electron chi connectivity index (χ2n) is 4.80. The van der Waals surface area contributed by atoms with Crippen LogP contribution in [0.25, 0.3) is 10.9 Å². The Morgan fingerprint density at radius 2 is 2.05 bits per heavy atom. The van der Waals surface area contributed by atoms with E-state index in [0.717, 1.165) is 36.1 Å². The summed E-state index contributed by atoms with van der Waals surface area (Å²) >= 11 is 0. The highest BCUT2D eigenvalue weighted by Crippen LogP contribution is 2.22. The molecule has 1 aromatic carbocycles. The molecule has 0 amide bonds. The van der Waals surface area contributed by atoms with Crippen molar-refractivity contribution in [2.45, 2.75) is 39.7 Å². The number of benzene rings is 1. The van der Waals surface area contributed by atoms with Crippen LogP contribution in [0, 0.1) is 0 Å². The maximum Gasteiger partial charge on any atom is 0.152 e. The van der Waals surface area contributed by atoms with Crippen LogP contribution in [-0.4, -0.2) is 17.0 Å². The molecule has 2 aromatic rings. The zero-order chi connectivity index (χ0) is 13.7. The minimum absolute atomic E-state index is 0.284. The number of ketones is 1. The van der Waals surface area contributed by atoms with Crippen LogP contribution < -0.4 is 4.74 Å². The lowest BCUT2D eigenvalue weighted by atomic mass is 10.2. The summed E-state index contributed by atoms with van der Waals surface area (Å²) in [7, 11) is 0. The normalized spacial score (nSPS) is 10.8. The van der Waals surface area contributed by atoms with Crippen LogP contribution in [0.5, 0.6) is 5.75 Å². The SMILES string of the molecule is CCCOc1ccc2c(ccn2CC(=O)CCC)c1. The molecule has 0 unspecified atom stereocenters. The van der Waals surface area contributed by atoms with E-state index in [9.17, 15) is 4.79 Å². The van der Waals surface area contributed by atoms with E-state index >= 15 is 0 Å². The molecule has 1 heterocycles. The molecule has 0 aliphatic heterocycles. The monoisotopic (exact) mass is 259 g/mol. The van der Waals surface area contributed by atoms with Crippen molar-refractivity contribution in [1.29, 1.82) is 0 Å². The van der Waals surface area contributed by atoms with Crippen molar-refractivity contribution < 1.29 is 9.53 Å². The maximum absolute atomic E-state index is 11.7. The first kappa shape index (κ1) is 13.7. The number of carbonyl (C=O) groups is 1. The standard InChI is InChI=1S/C16H21NO2/c1-3-5-14(18)12-17-9-8-13-11-15(19-10-4-2)6-7-16(13)17/h6-9,11H,3-5,10,12H2,1-2H3. The first-order chi connectivity index (χ1) is 9.24. The fourth-order valence-corrected chi connectivity index (χ4v) is 2.17. The molecule has 0 atom stereocenters. The predicted octanol–water partition coefficient (Wildman–Crippen LogP) is 3.80. The minimum Gasteiger partial charge on any atom is -0.494 e. The van der Waals surface area contributed by atoms with Crippen LogP contribution in [0.2, 0.25) is 0 Å². The molecule has 0 bridgehead atoms. The molecule has 0 fully saturated rings. The van der Waals surface area contributed by atoms with Gasteiger partial charge in [-0.05, 0) is 37.1 Å². The summed E-state index contributed by atoms with van der Waals surface area (Å²) in [5, 5.41) is 1.12. The summed E-state index contributed by atoms with van der Waals surface area (Å²) in [6.07, 6.45) is 4.54. The lowest BCUT2D eigenvalue weighted by Crippen LogP contribution is -2.08. The van der Waals surface area contributed by atoms with Crippen LogP contribution in [0.4, 0.5) is 0 Å². The minimum atomic E-state index is 0.284. The van der Waals surface area contributed by atoms with Crippen molar-refractivity contribution in [3.05, 3.63) is 30.5 Å². The molecule has 3 heteroatoms. The second-order valence-corrected chi connectivity index (χ2v) is 4.80.